The van der Waals surface area contributed by atoms with Crippen LogP contribution in [0, 0.1) is 34.6 Å². The summed E-state index contributed by atoms with van der Waals surface area (Å²) in [6.07, 6.45) is 0. The van der Waals surface area contributed by atoms with Crippen molar-refractivity contribution >= 4 is 23.2 Å². The summed E-state index contributed by atoms with van der Waals surface area (Å²) < 4.78 is 1.43. The molecule has 29 heavy (non-hydrogen) atoms. The van der Waals surface area contributed by atoms with Gasteiger partial charge in [0.05, 0.1) is 5.69 Å². The van der Waals surface area contributed by atoms with E-state index in [0.29, 0.717) is 5.69 Å². The number of hydrogen-bond acceptors (Lipinski definition) is 4. The molecule has 7 heteroatoms. The van der Waals surface area contributed by atoms with Crippen molar-refractivity contribution in [3.8, 4) is 0 Å². The molecule has 3 aromatic rings. The van der Waals surface area contributed by atoms with Gasteiger partial charge in [0.15, 0.2) is 5.69 Å². The van der Waals surface area contributed by atoms with Crippen LogP contribution in [0.4, 0.5) is 11.4 Å². The fourth-order valence-corrected chi connectivity index (χ4v) is 3.23. The van der Waals surface area contributed by atoms with Crippen LogP contribution in [0.5, 0.6) is 0 Å². The largest absolute Gasteiger partial charge is 0.324 e. The Morgan fingerprint density at radius 2 is 1.31 bits per heavy atom. The van der Waals surface area contributed by atoms with E-state index in [1.807, 2.05) is 64.1 Å². The molecule has 1 heterocycles. The Balaban J connectivity index is 1.74. The summed E-state index contributed by atoms with van der Waals surface area (Å²) >= 11 is 0. The quantitative estimate of drug-likeness (QED) is 0.694. The summed E-state index contributed by atoms with van der Waals surface area (Å²) in [5.41, 5.74) is 6.21. The van der Waals surface area contributed by atoms with Crippen molar-refractivity contribution in [2.24, 2.45) is 0 Å². The molecule has 7 nitrogen and oxygen atoms in total. The molecule has 0 fully saturated rings. The van der Waals surface area contributed by atoms with Crippen molar-refractivity contribution in [2.75, 3.05) is 10.6 Å². The molecule has 2 amide bonds. The number of amides is 2. The van der Waals surface area contributed by atoms with Crippen LogP contribution in [-0.2, 0) is 11.3 Å². The van der Waals surface area contributed by atoms with Gasteiger partial charge < -0.3 is 10.6 Å². The topological polar surface area (TPSA) is 88.9 Å². The minimum absolute atomic E-state index is 0.0245. The summed E-state index contributed by atoms with van der Waals surface area (Å²) in [5, 5.41) is 13.8. The number of anilines is 2. The maximum atomic E-state index is 12.7. The molecule has 0 aliphatic heterocycles. The standard InChI is InChI=1S/C22H25N5O2/c1-13-8-6-9-14(2)19(13)23-18(28)12-27-17(5)21(25-26-27)22(29)24-20-15(3)10-7-11-16(20)4/h6-11H,12H2,1-5H3,(H,23,28)(H,24,29). The van der Waals surface area contributed by atoms with E-state index >= 15 is 0 Å². The number of carbonyl (C=O) groups is 2. The highest BCUT2D eigenvalue weighted by molar-refractivity contribution is 6.04. The van der Waals surface area contributed by atoms with E-state index in [0.717, 1.165) is 33.6 Å². The van der Waals surface area contributed by atoms with Crippen LogP contribution in [0.2, 0.25) is 0 Å². The highest BCUT2D eigenvalue weighted by Gasteiger charge is 2.19. The molecule has 0 unspecified atom stereocenters. The molecule has 0 aliphatic carbocycles. The zero-order valence-electron chi connectivity index (χ0n) is 17.3. The number of para-hydroxylation sites is 2. The molecule has 1 aromatic heterocycles. The number of hydrogen-bond donors (Lipinski definition) is 2. The third-order valence-electron chi connectivity index (χ3n) is 4.96. The predicted octanol–water partition coefficient (Wildman–Crippen LogP) is 3.71. The monoisotopic (exact) mass is 391 g/mol. The number of carbonyl (C=O) groups excluding carboxylic acids is 2. The Kier molecular flexibility index (Phi) is 5.77. The first-order valence-electron chi connectivity index (χ1n) is 9.41. The van der Waals surface area contributed by atoms with Gasteiger partial charge in [-0.2, -0.15) is 0 Å². The van der Waals surface area contributed by atoms with Crippen LogP contribution in [0.25, 0.3) is 0 Å². The number of aryl methyl sites for hydroxylation is 4. The summed E-state index contributed by atoms with van der Waals surface area (Å²) in [5.74, 6) is -0.571. The second kappa shape index (κ2) is 8.26. The molecular weight excluding hydrogens is 366 g/mol. The van der Waals surface area contributed by atoms with Crippen molar-refractivity contribution in [1.82, 2.24) is 15.0 Å². The van der Waals surface area contributed by atoms with Gasteiger partial charge in [-0.05, 0) is 56.9 Å². The van der Waals surface area contributed by atoms with Gasteiger partial charge in [0.25, 0.3) is 5.91 Å². The summed E-state index contributed by atoms with van der Waals surface area (Å²) in [6, 6.07) is 11.6. The molecule has 0 atom stereocenters. The van der Waals surface area contributed by atoms with Gasteiger partial charge in [-0.15, -0.1) is 5.10 Å². The zero-order chi connectivity index (χ0) is 21.1. The molecule has 0 saturated carbocycles. The number of nitrogens with one attached hydrogen (secondary N) is 2. The Labute approximate surface area is 170 Å². The fourth-order valence-electron chi connectivity index (χ4n) is 3.23. The number of nitrogens with zero attached hydrogens (tertiary/aromatic N) is 3. The maximum absolute atomic E-state index is 12.7. The SMILES string of the molecule is Cc1cccc(C)c1NC(=O)Cn1nnc(C(=O)Nc2c(C)cccc2C)c1C. The van der Waals surface area contributed by atoms with E-state index in [9.17, 15) is 9.59 Å². The Bertz CT molecular complexity index is 1040. The van der Waals surface area contributed by atoms with Gasteiger partial charge in [-0.3, -0.25) is 9.59 Å². The highest BCUT2D eigenvalue weighted by Crippen LogP contribution is 2.21. The van der Waals surface area contributed by atoms with Crippen LogP contribution in [-0.4, -0.2) is 26.8 Å². The Hall–Kier alpha value is -3.48. The lowest BCUT2D eigenvalue weighted by atomic mass is 10.1. The van der Waals surface area contributed by atoms with Crippen LogP contribution in [0.3, 0.4) is 0 Å². The number of rotatable bonds is 5. The van der Waals surface area contributed by atoms with Crippen LogP contribution in [0.15, 0.2) is 36.4 Å². The average Bonchev–Trinajstić information content (AvgIpc) is 3.02. The van der Waals surface area contributed by atoms with E-state index in [2.05, 4.69) is 20.9 Å². The van der Waals surface area contributed by atoms with Gasteiger partial charge >= 0.3 is 0 Å². The third kappa shape index (κ3) is 4.34. The Morgan fingerprint density at radius 1 is 0.828 bits per heavy atom. The summed E-state index contributed by atoms with van der Waals surface area (Å²) in [4.78, 5) is 25.2. The van der Waals surface area contributed by atoms with Crippen molar-refractivity contribution in [3.63, 3.8) is 0 Å². The van der Waals surface area contributed by atoms with Crippen molar-refractivity contribution in [1.29, 1.82) is 0 Å². The number of benzene rings is 2. The molecule has 3 rings (SSSR count). The van der Waals surface area contributed by atoms with Crippen LogP contribution >= 0.6 is 0 Å². The molecule has 0 radical (unpaired) electrons. The van der Waals surface area contributed by atoms with Crippen molar-refractivity contribution in [2.45, 2.75) is 41.2 Å². The first-order valence-corrected chi connectivity index (χ1v) is 9.41. The molecule has 150 valence electrons. The van der Waals surface area contributed by atoms with Crippen molar-refractivity contribution in [3.05, 3.63) is 70.0 Å². The molecule has 0 spiro atoms. The molecule has 0 saturated heterocycles. The number of aromatic nitrogens is 3. The lowest BCUT2D eigenvalue weighted by Gasteiger charge is -2.12. The second-order valence-electron chi connectivity index (χ2n) is 7.22. The molecule has 2 N–H and O–H groups in total. The van der Waals surface area contributed by atoms with E-state index < -0.39 is 0 Å². The normalized spacial score (nSPS) is 10.7. The van der Waals surface area contributed by atoms with Crippen molar-refractivity contribution < 1.29 is 9.59 Å². The van der Waals surface area contributed by atoms with Gasteiger partial charge in [0.1, 0.15) is 6.54 Å². The average molecular weight is 391 g/mol. The molecule has 0 aliphatic rings. The van der Waals surface area contributed by atoms with Crippen LogP contribution in [0.1, 0.15) is 38.4 Å². The fraction of sp³-hybridized carbons (Fsp3) is 0.273. The van der Waals surface area contributed by atoms with E-state index in [-0.39, 0.29) is 24.1 Å². The smallest absolute Gasteiger partial charge is 0.278 e. The van der Waals surface area contributed by atoms with E-state index in [1.54, 1.807) is 6.92 Å². The summed E-state index contributed by atoms with van der Waals surface area (Å²) in [7, 11) is 0. The third-order valence-corrected chi connectivity index (χ3v) is 4.96. The van der Waals surface area contributed by atoms with E-state index in [1.165, 1.54) is 4.68 Å². The van der Waals surface area contributed by atoms with Gasteiger partial charge in [-0.1, -0.05) is 41.6 Å². The van der Waals surface area contributed by atoms with Gasteiger partial charge in [0.2, 0.25) is 5.91 Å². The summed E-state index contributed by atoms with van der Waals surface area (Å²) in [6.45, 7) is 9.46. The maximum Gasteiger partial charge on any atom is 0.278 e. The van der Waals surface area contributed by atoms with Gasteiger partial charge in [0, 0.05) is 11.4 Å². The lowest BCUT2D eigenvalue weighted by Crippen LogP contribution is -2.22. The molecular formula is C22H25N5O2. The molecule has 0 bridgehead atoms. The zero-order valence-corrected chi connectivity index (χ0v) is 17.3. The highest BCUT2D eigenvalue weighted by atomic mass is 16.2. The predicted molar refractivity (Wildman–Crippen MR) is 113 cm³/mol. The first kappa shape index (κ1) is 20.3. The Morgan fingerprint density at radius 3 is 1.83 bits per heavy atom. The first-order chi connectivity index (χ1) is 13.8. The lowest BCUT2D eigenvalue weighted by molar-refractivity contribution is -0.117. The van der Waals surface area contributed by atoms with Gasteiger partial charge in [-0.25, -0.2) is 4.68 Å². The van der Waals surface area contributed by atoms with Crippen LogP contribution < -0.4 is 10.6 Å². The van der Waals surface area contributed by atoms with E-state index in [4.69, 9.17) is 0 Å². The minimum Gasteiger partial charge on any atom is -0.324 e. The minimum atomic E-state index is -0.346. The second-order valence-corrected chi connectivity index (χ2v) is 7.22. The molecule has 2 aromatic carbocycles.